The summed E-state index contributed by atoms with van der Waals surface area (Å²) in [6.45, 7) is 0.314. The van der Waals surface area contributed by atoms with E-state index in [-0.39, 0.29) is 12.2 Å². The van der Waals surface area contributed by atoms with Gasteiger partial charge in [0.25, 0.3) is 5.91 Å². The lowest BCUT2D eigenvalue weighted by atomic mass is 10.1. The van der Waals surface area contributed by atoms with Gasteiger partial charge in [-0.2, -0.15) is 13.2 Å². The number of halogens is 4. The number of nitrogens with one attached hydrogen (secondary N) is 2. The first-order valence-corrected chi connectivity index (χ1v) is 10.7. The minimum atomic E-state index is -4.67. The van der Waals surface area contributed by atoms with Gasteiger partial charge in [-0.1, -0.05) is 11.6 Å². The molecule has 4 aromatic rings. The molecule has 0 aliphatic heterocycles. The zero-order valence-corrected chi connectivity index (χ0v) is 18.7. The molecule has 0 unspecified atom stereocenters. The van der Waals surface area contributed by atoms with Crippen molar-refractivity contribution in [3.63, 3.8) is 0 Å². The molecule has 0 radical (unpaired) electrons. The number of amides is 1. The number of carbonyl (C=O) groups excluding carboxylic acids is 1. The number of nitrogens with zero attached hydrogens (tertiary/aromatic N) is 2. The maximum Gasteiger partial charge on any atom is 0.417 e. The van der Waals surface area contributed by atoms with E-state index in [0.29, 0.717) is 46.6 Å². The van der Waals surface area contributed by atoms with Crippen molar-refractivity contribution in [2.45, 2.75) is 6.18 Å². The van der Waals surface area contributed by atoms with Crippen LogP contribution in [-0.2, 0) is 6.18 Å². The van der Waals surface area contributed by atoms with Crippen molar-refractivity contribution in [3.05, 3.63) is 83.0 Å². The SMILES string of the molecule is O=C(Nc1ccc(Oc2ccc3ncc(NCCO)nc3c2)cc1)c1ccc(Cl)c(C(F)(F)F)c1. The quantitative estimate of drug-likeness (QED) is 0.298. The van der Waals surface area contributed by atoms with Gasteiger partial charge in [0.2, 0.25) is 0 Å². The summed E-state index contributed by atoms with van der Waals surface area (Å²) in [5.41, 5.74) is 0.380. The van der Waals surface area contributed by atoms with Gasteiger partial charge in [0.05, 0.1) is 34.4 Å². The zero-order valence-electron chi connectivity index (χ0n) is 17.9. The number of hydrogen-bond acceptors (Lipinski definition) is 6. The van der Waals surface area contributed by atoms with E-state index in [0.717, 1.165) is 6.07 Å². The predicted octanol–water partition coefficient (Wildman–Crippen LogP) is 5.75. The number of alkyl halides is 3. The van der Waals surface area contributed by atoms with Crippen LogP contribution in [0, 0.1) is 0 Å². The summed E-state index contributed by atoms with van der Waals surface area (Å²) in [4.78, 5) is 21.1. The van der Waals surface area contributed by atoms with E-state index in [9.17, 15) is 18.0 Å². The number of aromatic nitrogens is 2. The van der Waals surface area contributed by atoms with Crippen molar-refractivity contribution < 1.29 is 27.8 Å². The molecule has 7 nitrogen and oxygen atoms in total. The Labute approximate surface area is 202 Å². The van der Waals surface area contributed by atoms with Crippen molar-refractivity contribution in [2.75, 3.05) is 23.8 Å². The molecule has 0 spiro atoms. The molecule has 0 bridgehead atoms. The normalized spacial score (nSPS) is 11.3. The van der Waals surface area contributed by atoms with Crippen LogP contribution in [0.15, 0.2) is 66.9 Å². The minimum Gasteiger partial charge on any atom is -0.457 e. The topological polar surface area (TPSA) is 96.4 Å². The van der Waals surface area contributed by atoms with E-state index >= 15 is 0 Å². The van der Waals surface area contributed by atoms with Gasteiger partial charge in [-0.05, 0) is 54.6 Å². The van der Waals surface area contributed by atoms with Crippen molar-refractivity contribution in [1.29, 1.82) is 0 Å². The highest BCUT2D eigenvalue weighted by Crippen LogP contribution is 2.35. The number of ether oxygens (including phenoxy) is 1. The third-order valence-electron chi connectivity index (χ3n) is 4.81. The van der Waals surface area contributed by atoms with Crippen LogP contribution >= 0.6 is 11.6 Å². The highest BCUT2D eigenvalue weighted by Gasteiger charge is 2.33. The van der Waals surface area contributed by atoms with Crippen LogP contribution in [0.4, 0.5) is 24.7 Å². The molecule has 4 rings (SSSR count). The number of rotatable bonds is 7. The van der Waals surface area contributed by atoms with Gasteiger partial charge in [-0.15, -0.1) is 0 Å². The fourth-order valence-corrected chi connectivity index (χ4v) is 3.38. The third kappa shape index (κ3) is 5.97. The molecule has 3 aromatic carbocycles. The lowest BCUT2D eigenvalue weighted by Gasteiger charge is -2.12. The summed E-state index contributed by atoms with van der Waals surface area (Å²) in [5.74, 6) is 0.783. The summed E-state index contributed by atoms with van der Waals surface area (Å²) in [6.07, 6.45) is -3.10. The lowest BCUT2D eigenvalue weighted by molar-refractivity contribution is -0.137. The van der Waals surface area contributed by atoms with E-state index in [2.05, 4.69) is 20.6 Å². The minimum absolute atomic E-state index is 0.0341. The van der Waals surface area contributed by atoms with E-state index in [1.165, 1.54) is 6.07 Å². The van der Waals surface area contributed by atoms with Gasteiger partial charge in [0.1, 0.15) is 17.3 Å². The Morgan fingerprint density at radius 3 is 2.46 bits per heavy atom. The number of benzene rings is 3. The number of aliphatic hydroxyl groups excluding tert-OH is 1. The maximum absolute atomic E-state index is 13.0. The standard InChI is InChI=1S/C24H18ClF3N4O3/c25-19-7-1-14(11-18(19)24(26,27)28)23(34)31-15-2-4-16(5-3-15)35-17-6-8-20-21(12-17)32-22(13-30-20)29-9-10-33/h1-8,11-13,33H,9-10H2,(H,29,32)(H,31,34). The van der Waals surface area contributed by atoms with Crippen LogP contribution in [0.1, 0.15) is 15.9 Å². The molecule has 180 valence electrons. The van der Waals surface area contributed by atoms with Crippen LogP contribution in [0.25, 0.3) is 11.0 Å². The summed E-state index contributed by atoms with van der Waals surface area (Å²) in [7, 11) is 0. The van der Waals surface area contributed by atoms with E-state index in [4.69, 9.17) is 21.4 Å². The van der Waals surface area contributed by atoms with Crippen LogP contribution in [0.5, 0.6) is 11.5 Å². The molecule has 0 aliphatic carbocycles. The lowest BCUT2D eigenvalue weighted by Crippen LogP contribution is -2.14. The molecule has 0 saturated carbocycles. The van der Waals surface area contributed by atoms with Crippen LogP contribution in [0.3, 0.4) is 0 Å². The second kappa shape index (κ2) is 10.2. The van der Waals surface area contributed by atoms with E-state index in [1.54, 1.807) is 48.7 Å². The average molecular weight is 503 g/mol. The monoisotopic (exact) mass is 502 g/mol. The molecular weight excluding hydrogens is 485 g/mol. The largest absolute Gasteiger partial charge is 0.457 e. The van der Waals surface area contributed by atoms with Gasteiger partial charge >= 0.3 is 6.18 Å². The average Bonchev–Trinajstić information content (AvgIpc) is 2.83. The first-order valence-electron chi connectivity index (χ1n) is 10.3. The molecule has 1 aromatic heterocycles. The van der Waals surface area contributed by atoms with Gasteiger partial charge in [0, 0.05) is 23.9 Å². The molecule has 0 atom stereocenters. The third-order valence-corrected chi connectivity index (χ3v) is 5.14. The maximum atomic E-state index is 13.0. The highest BCUT2D eigenvalue weighted by molar-refractivity contribution is 6.31. The number of fused-ring (bicyclic) bond motifs is 1. The summed E-state index contributed by atoms with van der Waals surface area (Å²) >= 11 is 5.60. The smallest absolute Gasteiger partial charge is 0.417 e. The first kappa shape index (κ1) is 24.2. The molecule has 11 heteroatoms. The fraction of sp³-hybridized carbons (Fsp3) is 0.125. The molecule has 0 fully saturated rings. The van der Waals surface area contributed by atoms with Crippen LogP contribution in [-0.4, -0.2) is 34.1 Å². The van der Waals surface area contributed by atoms with Crippen molar-refractivity contribution >= 4 is 40.0 Å². The Hall–Kier alpha value is -3.89. The van der Waals surface area contributed by atoms with E-state index < -0.39 is 22.7 Å². The summed E-state index contributed by atoms with van der Waals surface area (Å²) in [5, 5.41) is 13.9. The molecule has 35 heavy (non-hydrogen) atoms. The molecule has 1 heterocycles. The van der Waals surface area contributed by atoms with Gasteiger partial charge < -0.3 is 20.5 Å². The highest BCUT2D eigenvalue weighted by atomic mass is 35.5. The molecule has 0 saturated heterocycles. The number of anilines is 2. The number of carbonyl (C=O) groups is 1. The summed E-state index contributed by atoms with van der Waals surface area (Å²) < 4.78 is 45.0. The second-order valence-corrected chi connectivity index (χ2v) is 7.74. The van der Waals surface area contributed by atoms with Crippen LogP contribution < -0.4 is 15.4 Å². The molecule has 0 aliphatic rings. The Bertz CT molecular complexity index is 1360. The molecule has 3 N–H and O–H groups in total. The Morgan fingerprint density at radius 1 is 1.00 bits per heavy atom. The first-order chi connectivity index (χ1) is 16.7. The predicted molar refractivity (Wildman–Crippen MR) is 126 cm³/mol. The van der Waals surface area contributed by atoms with Gasteiger partial charge in [-0.3, -0.25) is 9.78 Å². The van der Waals surface area contributed by atoms with E-state index in [1.807, 2.05) is 0 Å². The van der Waals surface area contributed by atoms with Crippen LogP contribution in [0.2, 0.25) is 5.02 Å². The van der Waals surface area contributed by atoms with Crippen molar-refractivity contribution in [1.82, 2.24) is 9.97 Å². The van der Waals surface area contributed by atoms with Crippen molar-refractivity contribution in [3.8, 4) is 11.5 Å². The summed E-state index contributed by atoms with van der Waals surface area (Å²) in [6, 6.07) is 14.5. The number of hydrogen-bond donors (Lipinski definition) is 3. The Kier molecular flexibility index (Phi) is 7.04. The number of aliphatic hydroxyl groups is 1. The molecular formula is C24H18ClF3N4O3. The second-order valence-electron chi connectivity index (χ2n) is 7.33. The van der Waals surface area contributed by atoms with Gasteiger partial charge in [0.15, 0.2) is 0 Å². The fourth-order valence-electron chi connectivity index (χ4n) is 3.15. The van der Waals surface area contributed by atoms with Crippen molar-refractivity contribution in [2.24, 2.45) is 0 Å². The zero-order chi connectivity index (χ0) is 25.0. The van der Waals surface area contributed by atoms with Gasteiger partial charge in [-0.25, -0.2) is 4.98 Å². The Morgan fingerprint density at radius 2 is 1.74 bits per heavy atom. The molecule has 1 amide bonds. The Balaban J connectivity index is 1.44.